The number of nitriles is 1. The van der Waals surface area contributed by atoms with E-state index in [4.69, 9.17) is 5.26 Å². The Bertz CT molecular complexity index is 474. The number of hydrogen-bond acceptors (Lipinski definition) is 4. The Balaban J connectivity index is 2.29. The van der Waals surface area contributed by atoms with Crippen LogP contribution in [0.25, 0.3) is 0 Å². The Labute approximate surface area is 93.9 Å². The fourth-order valence-electron chi connectivity index (χ4n) is 1.96. The van der Waals surface area contributed by atoms with Crippen molar-refractivity contribution in [2.75, 3.05) is 18.0 Å². The van der Waals surface area contributed by atoms with Crippen LogP contribution in [-0.2, 0) is 6.54 Å². The van der Waals surface area contributed by atoms with Crippen LogP contribution in [0.1, 0.15) is 13.3 Å². The molecule has 1 atom stereocenters. The smallest absolute Gasteiger partial charge is 0.293 e. The summed E-state index contributed by atoms with van der Waals surface area (Å²) >= 11 is 0. The van der Waals surface area contributed by atoms with E-state index < -0.39 is 0 Å². The minimum absolute atomic E-state index is 0.0245. The highest BCUT2D eigenvalue weighted by molar-refractivity contribution is 5.37. The minimum Gasteiger partial charge on any atom is -0.351 e. The van der Waals surface area contributed by atoms with E-state index in [1.54, 1.807) is 17.0 Å². The molecule has 1 aliphatic rings. The molecule has 0 spiro atoms. The van der Waals surface area contributed by atoms with Gasteiger partial charge in [0, 0.05) is 32.0 Å². The molecule has 0 radical (unpaired) electrons. The number of anilines is 1. The van der Waals surface area contributed by atoms with E-state index in [9.17, 15) is 4.79 Å². The minimum atomic E-state index is -0.0661. The quantitative estimate of drug-likeness (QED) is 0.729. The predicted molar refractivity (Wildman–Crippen MR) is 60.1 cm³/mol. The normalized spacial score (nSPS) is 19.8. The summed E-state index contributed by atoms with van der Waals surface area (Å²) in [5.41, 5.74) is -0.0661. The molecule has 1 aliphatic heterocycles. The van der Waals surface area contributed by atoms with Crippen LogP contribution in [0.2, 0.25) is 0 Å². The van der Waals surface area contributed by atoms with Crippen molar-refractivity contribution in [3.05, 3.63) is 22.7 Å². The summed E-state index contributed by atoms with van der Waals surface area (Å²) in [5.74, 6) is 0.499. The van der Waals surface area contributed by atoms with Gasteiger partial charge < -0.3 is 9.47 Å². The number of aromatic nitrogens is 2. The first-order valence-corrected chi connectivity index (χ1v) is 5.46. The lowest BCUT2D eigenvalue weighted by atomic mass is 10.1. The first kappa shape index (κ1) is 10.7. The first-order chi connectivity index (χ1) is 7.76. The summed E-state index contributed by atoms with van der Waals surface area (Å²) in [7, 11) is 0. The Hall–Kier alpha value is -1.83. The summed E-state index contributed by atoms with van der Waals surface area (Å²) in [6.45, 7) is 3.93. The molecule has 1 aromatic rings. The molecule has 0 aromatic carbocycles. The van der Waals surface area contributed by atoms with Crippen LogP contribution in [0.3, 0.4) is 0 Å². The van der Waals surface area contributed by atoms with Gasteiger partial charge in [-0.05, 0) is 13.3 Å². The van der Waals surface area contributed by atoms with Crippen LogP contribution < -0.4 is 10.5 Å². The van der Waals surface area contributed by atoms with Gasteiger partial charge in [-0.2, -0.15) is 5.26 Å². The van der Waals surface area contributed by atoms with Crippen LogP contribution in [0.5, 0.6) is 0 Å². The molecule has 5 nitrogen and oxygen atoms in total. The second-order valence-electron chi connectivity index (χ2n) is 3.90. The zero-order valence-corrected chi connectivity index (χ0v) is 9.26. The molecule has 0 unspecified atom stereocenters. The van der Waals surface area contributed by atoms with Crippen LogP contribution in [-0.4, -0.2) is 22.6 Å². The van der Waals surface area contributed by atoms with E-state index >= 15 is 0 Å². The molecule has 0 aliphatic carbocycles. The third kappa shape index (κ3) is 1.78. The highest BCUT2D eigenvalue weighted by atomic mass is 16.1. The SMILES string of the molecule is CCn1ccnc(N2CC[C@H](C#N)C2)c1=O. The monoisotopic (exact) mass is 218 g/mol. The summed E-state index contributed by atoms with van der Waals surface area (Å²) in [6.07, 6.45) is 4.14. The van der Waals surface area contributed by atoms with Crippen molar-refractivity contribution in [1.29, 1.82) is 5.26 Å². The molecule has 0 bridgehead atoms. The second-order valence-corrected chi connectivity index (χ2v) is 3.90. The van der Waals surface area contributed by atoms with Gasteiger partial charge in [-0.25, -0.2) is 4.98 Å². The zero-order valence-electron chi connectivity index (χ0n) is 9.26. The average Bonchev–Trinajstić information content (AvgIpc) is 2.78. The van der Waals surface area contributed by atoms with Crippen LogP contribution >= 0.6 is 0 Å². The van der Waals surface area contributed by atoms with Gasteiger partial charge in [0.2, 0.25) is 0 Å². The molecule has 2 heterocycles. The van der Waals surface area contributed by atoms with Crippen molar-refractivity contribution in [3.63, 3.8) is 0 Å². The standard InChI is InChI=1S/C11H14N4O/c1-2-14-6-4-13-10(11(14)16)15-5-3-9(7-12)8-15/h4,6,9H,2-3,5,8H2,1H3/t9-/m1/s1. The average molecular weight is 218 g/mol. The van der Waals surface area contributed by atoms with Gasteiger partial charge in [0.15, 0.2) is 5.82 Å². The maximum absolute atomic E-state index is 12.0. The number of rotatable bonds is 2. The highest BCUT2D eigenvalue weighted by Crippen LogP contribution is 2.18. The van der Waals surface area contributed by atoms with Gasteiger partial charge in [-0.3, -0.25) is 4.79 Å². The van der Waals surface area contributed by atoms with E-state index in [-0.39, 0.29) is 11.5 Å². The maximum atomic E-state index is 12.0. The van der Waals surface area contributed by atoms with Crippen molar-refractivity contribution >= 4 is 5.82 Å². The first-order valence-electron chi connectivity index (χ1n) is 5.46. The van der Waals surface area contributed by atoms with Gasteiger partial charge in [-0.1, -0.05) is 0 Å². The third-order valence-corrected chi connectivity index (χ3v) is 2.91. The van der Waals surface area contributed by atoms with Gasteiger partial charge >= 0.3 is 0 Å². The summed E-state index contributed by atoms with van der Waals surface area (Å²) < 4.78 is 1.63. The lowest BCUT2D eigenvalue weighted by molar-refractivity contribution is 0.707. The lowest BCUT2D eigenvalue weighted by Gasteiger charge is -2.16. The van der Waals surface area contributed by atoms with Crippen LogP contribution in [0.15, 0.2) is 17.2 Å². The van der Waals surface area contributed by atoms with Crippen LogP contribution in [0, 0.1) is 17.2 Å². The molecule has 0 amide bonds. The molecule has 1 aromatic heterocycles. The Morgan fingerprint density at radius 3 is 3.12 bits per heavy atom. The molecule has 1 fully saturated rings. The van der Waals surface area contributed by atoms with Crippen LogP contribution in [0.4, 0.5) is 5.82 Å². The molecule has 16 heavy (non-hydrogen) atoms. The topological polar surface area (TPSA) is 61.9 Å². The van der Waals surface area contributed by atoms with E-state index in [2.05, 4.69) is 11.1 Å². The number of aryl methyl sites for hydroxylation is 1. The zero-order chi connectivity index (χ0) is 11.5. The molecule has 84 valence electrons. The van der Waals surface area contributed by atoms with E-state index in [0.29, 0.717) is 18.9 Å². The van der Waals surface area contributed by atoms with Crippen molar-refractivity contribution in [2.24, 2.45) is 5.92 Å². The van der Waals surface area contributed by atoms with Gasteiger partial charge in [-0.15, -0.1) is 0 Å². The van der Waals surface area contributed by atoms with Gasteiger partial charge in [0.25, 0.3) is 5.56 Å². The predicted octanol–water partition coefficient (Wildman–Crippen LogP) is 0.613. The number of hydrogen-bond donors (Lipinski definition) is 0. The Kier molecular flexibility index (Phi) is 2.91. The molecule has 0 saturated carbocycles. The molecule has 2 rings (SSSR count). The fourth-order valence-corrected chi connectivity index (χ4v) is 1.96. The van der Waals surface area contributed by atoms with Gasteiger partial charge in [0.1, 0.15) is 0 Å². The van der Waals surface area contributed by atoms with Gasteiger partial charge in [0.05, 0.1) is 12.0 Å². The highest BCUT2D eigenvalue weighted by Gasteiger charge is 2.25. The van der Waals surface area contributed by atoms with E-state index in [0.717, 1.165) is 13.0 Å². The summed E-state index contributed by atoms with van der Waals surface area (Å²) in [6, 6.07) is 2.23. The molecule has 5 heteroatoms. The number of nitrogens with zero attached hydrogens (tertiary/aromatic N) is 4. The molecular weight excluding hydrogens is 204 g/mol. The van der Waals surface area contributed by atoms with Crippen molar-refractivity contribution in [2.45, 2.75) is 19.9 Å². The molecule has 1 saturated heterocycles. The summed E-state index contributed by atoms with van der Waals surface area (Å²) in [5, 5.41) is 8.82. The van der Waals surface area contributed by atoms with Crippen molar-refractivity contribution in [3.8, 4) is 6.07 Å². The fraction of sp³-hybridized carbons (Fsp3) is 0.545. The third-order valence-electron chi connectivity index (χ3n) is 2.91. The van der Waals surface area contributed by atoms with Crippen molar-refractivity contribution in [1.82, 2.24) is 9.55 Å². The largest absolute Gasteiger partial charge is 0.351 e. The summed E-state index contributed by atoms with van der Waals surface area (Å²) in [4.78, 5) is 18.0. The second kappa shape index (κ2) is 4.35. The Morgan fingerprint density at radius 2 is 2.50 bits per heavy atom. The molecule has 0 N–H and O–H groups in total. The lowest BCUT2D eigenvalue weighted by Crippen LogP contribution is -2.31. The maximum Gasteiger partial charge on any atom is 0.293 e. The van der Waals surface area contributed by atoms with Crippen molar-refractivity contribution < 1.29 is 0 Å². The molecular formula is C11H14N4O. The van der Waals surface area contributed by atoms with E-state index in [1.165, 1.54) is 0 Å². The van der Waals surface area contributed by atoms with E-state index in [1.807, 2.05) is 11.8 Å². The Morgan fingerprint density at radius 1 is 1.69 bits per heavy atom.